The van der Waals surface area contributed by atoms with E-state index in [1.165, 1.54) is 0 Å². The minimum Gasteiger partial charge on any atom is -0.497 e. The molecule has 1 aromatic heterocycles. The molecule has 6 nitrogen and oxygen atoms in total. The molecule has 0 amide bonds. The van der Waals surface area contributed by atoms with Gasteiger partial charge in [0, 0.05) is 10.6 Å². The zero-order valence-corrected chi connectivity index (χ0v) is 17.3. The van der Waals surface area contributed by atoms with Gasteiger partial charge < -0.3 is 18.6 Å². The van der Waals surface area contributed by atoms with Crippen molar-refractivity contribution in [3.8, 4) is 28.4 Å². The van der Waals surface area contributed by atoms with E-state index in [1.807, 2.05) is 0 Å². The van der Waals surface area contributed by atoms with Crippen LogP contribution in [-0.2, 0) is 4.79 Å². The number of carbonyl (C=O) groups excluding carboxylic acids is 1. The van der Waals surface area contributed by atoms with Crippen LogP contribution in [-0.4, -0.2) is 19.7 Å². The number of esters is 1. The second-order valence-corrected chi connectivity index (χ2v) is 7.55. The predicted octanol–water partition coefficient (Wildman–Crippen LogP) is 5.17. The zero-order valence-electron chi connectivity index (χ0n) is 15.7. The summed E-state index contributed by atoms with van der Waals surface area (Å²) in [5, 5.41) is 0.567. The first-order chi connectivity index (χ1) is 14.5. The first kappa shape index (κ1) is 20.0. The molecular weight excluding hydrogens is 428 g/mol. The van der Waals surface area contributed by atoms with Crippen LogP contribution < -0.4 is 19.1 Å². The van der Waals surface area contributed by atoms with E-state index in [2.05, 4.69) is 0 Å². The van der Waals surface area contributed by atoms with Gasteiger partial charge in [-0.1, -0.05) is 35.1 Å². The van der Waals surface area contributed by atoms with Crippen molar-refractivity contribution in [2.45, 2.75) is 0 Å². The largest absolute Gasteiger partial charge is 0.497 e. The van der Waals surface area contributed by atoms with Gasteiger partial charge in [0.05, 0.1) is 11.8 Å². The summed E-state index contributed by atoms with van der Waals surface area (Å²) in [4.78, 5) is 23.7. The highest BCUT2D eigenvalue weighted by Gasteiger charge is 2.18. The van der Waals surface area contributed by atoms with E-state index in [1.54, 1.807) is 67.8 Å². The van der Waals surface area contributed by atoms with Crippen LogP contribution in [0.25, 0.3) is 21.4 Å². The van der Waals surface area contributed by atoms with Gasteiger partial charge >= 0.3 is 10.9 Å². The maximum absolute atomic E-state index is 12.4. The van der Waals surface area contributed by atoms with E-state index in [-0.39, 0.29) is 6.61 Å². The highest BCUT2D eigenvalue weighted by atomic mass is 35.5. The van der Waals surface area contributed by atoms with Crippen molar-refractivity contribution in [3.05, 3.63) is 75.4 Å². The van der Waals surface area contributed by atoms with Gasteiger partial charge in [-0.3, -0.25) is 0 Å². The maximum atomic E-state index is 12.4. The molecule has 0 aliphatic carbocycles. The Morgan fingerprint density at radius 3 is 2.40 bits per heavy atom. The third-order valence-electron chi connectivity index (χ3n) is 4.23. The molecule has 0 saturated carbocycles. The molecule has 0 aliphatic heterocycles. The Bertz CT molecular complexity index is 1240. The van der Waals surface area contributed by atoms with E-state index < -0.39 is 10.9 Å². The van der Waals surface area contributed by atoms with Crippen LogP contribution in [0, 0.1) is 0 Å². The van der Waals surface area contributed by atoms with Gasteiger partial charge in [0.15, 0.2) is 6.61 Å². The van der Waals surface area contributed by atoms with E-state index in [0.717, 1.165) is 16.9 Å². The minimum atomic E-state index is -0.587. The van der Waals surface area contributed by atoms with E-state index in [4.69, 9.17) is 30.2 Å². The van der Waals surface area contributed by atoms with Crippen molar-refractivity contribution in [1.82, 2.24) is 0 Å². The molecule has 8 heteroatoms. The van der Waals surface area contributed by atoms with Crippen LogP contribution in [0.2, 0.25) is 5.02 Å². The molecule has 0 atom stereocenters. The zero-order chi connectivity index (χ0) is 21.1. The Morgan fingerprint density at radius 1 is 1.00 bits per heavy atom. The van der Waals surface area contributed by atoms with Crippen LogP contribution >= 0.6 is 22.9 Å². The van der Waals surface area contributed by atoms with Crippen molar-refractivity contribution in [2.75, 3.05) is 13.7 Å². The number of methoxy groups -OCH3 is 1. The lowest BCUT2D eigenvalue weighted by Crippen LogP contribution is -2.18. The molecule has 30 heavy (non-hydrogen) atoms. The molecule has 0 bridgehead atoms. The van der Waals surface area contributed by atoms with Gasteiger partial charge in [-0.2, -0.15) is 0 Å². The Kier molecular flexibility index (Phi) is 5.74. The number of benzene rings is 3. The first-order valence-electron chi connectivity index (χ1n) is 8.83. The molecule has 0 saturated heterocycles. The van der Waals surface area contributed by atoms with Gasteiger partial charge in [0.25, 0.3) is 0 Å². The average molecular weight is 443 g/mol. The smallest absolute Gasteiger partial charge is 0.396 e. The van der Waals surface area contributed by atoms with Crippen molar-refractivity contribution >= 4 is 39.2 Å². The van der Waals surface area contributed by atoms with Gasteiger partial charge in [-0.05, 0) is 54.1 Å². The van der Waals surface area contributed by atoms with Crippen LogP contribution in [0.3, 0.4) is 0 Å². The molecule has 0 fully saturated rings. The fourth-order valence-corrected chi connectivity index (χ4v) is 3.82. The molecule has 1 heterocycles. The molecule has 0 aliphatic rings. The van der Waals surface area contributed by atoms with Crippen LogP contribution in [0.15, 0.2) is 69.9 Å². The summed E-state index contributed by atoms with van der Waals surface area (Å²) in [6.45, 7) is -0.286. The molecule has 0 N–H and O–H groups in total. The number of fused-ring (bicyclic) bond motifs is 1. The van der Waals surface area contributed by atoms with Crippen molar-refractivity contribution in [3.63, 3.8) is 0 Å². The molecule has 0 radical (unpaired) electrons. The Labute approximate surface area is 180 Å². The number of ether oxygens (including phenoxy) is 3. The quantitative estimate of drug-likeness (QED) is 0.303. The number of halogens is 1. The molecule has 0 spiro atoms. The van der Waals surface area contributed by atoms with Gasteiger partial charge in [-0.15, -0.1) is 0 Å². The Balaban J connectivity index is 1.59. The monoisotopic (exact) mass is 442 g/mol. The van der Waals surface area contributed by atoms with Crippen LogP contribution in [0.5, 0.6) is 17.2 Å². The Morgan fingerprint density at radius 2 is 1.70 bits per heavy atom. The number of hydrogen-bond acceptors (Lipinski definition) is 7. The minimum absolute atomic E-state index is 0.286. The van der Waals surface area contributed by atoms with Crippen molar-refractivity contribution < 1.29 is 23.4 Å². The Hall–Kier alpha value is -3.29. The van der Waals surface area contributed by atoms with Crippen LogP contribution in [0.4, 0.5) is 0 Å². The summed E-state index contributed by atoms with van der Waals surface area (Å²) in [6, 6.07) is 17.0. The van der Waals surface area contributed by atoms with Crippen LogP contribution in [0.1, 0.15) is 0 Å². The summed E-state index contributed by atoms with van der Waals surface area (Å²) in [7, 11) is 1.57. The molecule has 4 aromatic rings. The van der Waals surface area contributed by atoms with Crippen molar-refractivity contribution in [2.24, 2.45) is 0 Å². The van der Waals surface area contributed by atoms with Gasteiger partial charge in [0.2, 0.25) is 0 Å². The molecule has 3 aromatic carbocycles. The summed E-state index contributed by atoms with van der Waals surface area (Å²) in [5.41, 5.74) is 1.74. The summed E-state index contributed by atoms with van der Waals surface area (Å²) >= 11 is 6.93. The maximum Gasteiger partial charge on any atom is 0.396 e. The van der Waals surface area contributed by atoms with E-state index in [0.29, 0.717) is 38.1 Å². The lowest BCUT2D eigenvalue weighted by atomic mass is 10.0. The normalized spacial score (nSPS) is 10.7. The lowest BCUT2D eigenvalue weighted by Gasteiger charge is -2.12. The fourth-order valence-electron chi connectivity index (χ4n) is 2.86. The van der Waals surface area contributed by atoms with Crippen molar-refractivity contribution in [1.29, 1.82) is 0 Å². The average Bonchev–Trinajstić information content (AvgIpc) is 3.13. The summed E-state index contributed by atoms with van der Waals surface area (Å²) < 4.78 is 21.9. The second-order valence-electron chi connectivity index (χ2n) is 6.17. The SMILES string of the molecule is COc1ccc(OCC(=O)Oc2ccc3oc(=O)sc3c2-c2ccc(Cl)cc2)cc1. The lowest BCUT2D eigenvalue weighted by molar-refractivity contribution is -0.136. The molecule has 152 valence electrons. The standard InChI is InChI=1S/C22H15ClO6S/c1-26-15-6-8-16(9-7-15)27-12-19(24)28-17-10-11-18-21(30-22(25)29-18)20(17)13-2-4-14(23)5-3-13/h2-11H,12H2,1H3. The van der Waals surface area contributed by atoms with Gasteiger partial charge in [0.1, 0.15) is 22.8 Å². The third kappa shape index (κ3) is 4.32. The van der Waals surface area contributed by atoms with E-state index in [9.17, 15) is 9.59 Å². The second kappa shape index (κ2) is 8.61. The highest BCUT2D eigenvalue weighted by molar-refractivity contribution is 7.16. The number of hydrogen-bond donors (Lipinski definition) is 0. The molecule has 0 unspecified atom stereocenters. The summed E-state index contributed by atoms with van der Waals surface area (Å²) in [5.74, 6) is 0.903. The third-order valence-corrected chi connectivity index (χ3v) is 5.35. The number of carbonyl (C=O) groups is 1. The summed E-state index contributed by atoms with van der Waals surface area (Å²) in [6.07, 6.45) is 0. The van der Waals surface area contributed by atoms with Gasteiger partial charge in [-0.25, -0.2) is 9.59 Å². The number of rotatable bonds is 6. The fraction of sp³-hybridized carbons (Fsp3) is 0.0909. The van der Waals surface area contributed by atoms with E-state index >= 15 is 0 Å². The predicted molar refractivity (Wildman–Crippen MR) is 115 cm³/mol. The first-order valence-corrected chi connectivity index (χ1v) is 10.0. The highest BCUT2D eigenvalue weighted by Crippen LogP contribution is 2.39. The molecular formula is C22H15ClO6S. The topological polar surface area (TPSA) is 75.0 Å². The molecule has 4 rings (SSSR count).